The Morgan fingerprint density at radius 3 is 2.41 bits per heavy atom. The molecule has 146 valence electrons. The Kier molecular flexibility index (Phi) is 4.29. The van der Waals surface area contributed by atoms with Crippen LogP contribution in [0.1, 0.15) is 6.92 Å². The van der Waals surface area contributed by atoms with Gasteiger partial charge in [-0.15, -0.1) is 13.2 Å². The second kappa shape index (κ2) is 6.11. The molecule has 2 heterocycles. The summed E-state index contributed by atoms with van der Waals surface area (Å²) >= 11 is 0. The Morgan fingerprint density at radius 1 is 1.30 bits per heavy atom. The molecule has 1 aliphatic rings. The van der Waals surface area contributed by atoms with Crippen molar-refractivity contribution in [1.82, 2.24) is 9.55 Å². The van der Waals surface area contributed by atoms with E-state index in [0.717, 1.165) is 22.9 Å². The number of nitro groups is 1. The third-order valence-corrected chi connectivity index (χ3v) is 6.26. The van der Waals surface area contributed by atoms with E-state index in [1.807, 2.05) is 0 Å². The molecule has 0 radical (unpaired) electrons. The maximum absolute atomic E-state index is 12.6. The molecule has 9 nitrogen and oxygen atoms in total. The van der Waals surface area contributed by atoms with Gasteiger partial charge in [0.15, 0.2) is 0 Å². The highest BCUT2D eigenvalue weighted by atomic mass is 32.2. The summed E-state index contributed by atoms with van der Waals surface area (Å²) in [5.74, 6) is -0.879. The number of hydrogen-bond acceptors (Lipinski definition) is 7. The zero-order chi connectivity index (χ0) is 20.0. The van der Waals surface area contributed by atoms with Gasteiger partial charge >= 0.3 is 17.3 Å². The second-order valence-electron chi connectivity index (χ2n) is 6.03. The van der Waals surface area contributed by atoms with E-state index in [0.29, 0.717) is 0 Å². The van der Waals surface area contributed by atoms with Gasteiger partial charge in [-0.2, -0.15) is 0 Å². The third kappa shape index (κ3) is 3.54. The van der Waals surface area contributed by atoms with Gasteiger partial charge in [0.05, 0.1) is 6.54 Å². The van der Waals surface area contributed by atoms with Crippen LogP contribution < -0.4 is 9.47 Å². The van der Waals surface area contributed by atoms with E-state index in [1.54, 1.807) is 0 Å². The molecule has 27 heavy (non-hydrogen) atoms. The van der Waals surface area contributed by atoms with Crippen molar-refractivity contribution in [3.63, 3.8) is 0 Å². The molecule has 1 atom stereocenters. The highest BCUT2D eigenvalue weighted by molar-refractivity contribution is 7.92. The molecule has 0 N–H and O–H groups in total. The quantitative estimate of drug-likeness (QED) is 0.552. The number of nitrogens with zero attached hydrogens (tertiary/aromatic N) is 3. The zero-order valence-corrected chi connectivity index (χ0v) is 14.5. The molecular weight excluding hydrogens is 395 g/mol. The van der Waals surface area contributed by atoms with E-state index in [1.165, 1.54) is 19.1 Å². The smallest absolute Gasteiger partial charge is 0.492 e. The summed E-state index contributed by atoms with van der Waals surface area (Å²) in [5, 5.41) is 10.3. The lowest BCUT2D eigenvalue weighted by atomic mass is 10.2. The average Bonchev–Trinajstić information content (AvgIpc) is 3.03. The van der Waals surface area contributed by atoms with Gasteiger partial charge in [-0.3, -0.25) is 4.57 Å². The van der Waals surface area contributed by atoms with E-state index in [2.05, 4.69) is 9.72 Å². The fourth-order valence-corrected chi connectivity index (χ4v) is 4.17. The number of ether oxygens (including phenoxy) is 2. The van der Waals surface area contributed by atoms with Crippen molar-refractivity contribution in [3.8, 4) is 11.5 Å². The Labute approximate surface area is 150 Å². The molecule has 1 aromatic carbocycles. The van der Waals surface area contributed by atoms with Crippen LogP contribution in [0.25, 0.3) is 0 Å². The fraction of sp³-hybridized carbons (Fsp3) is 0.357. The van der Waals surface area contributed by atoms with Crippen molar-refractivity contribution in [2.75, 3.05) is 6.61 Å². The lowest BCUT2D eigenvalue weighted by Crippen LogP contribution is -2.39. The number of sulfone groups is 1. The minimum Gasteiger partial charge on any atom is -0.492 e. The first-order chi connectivity index (χ1) is 12.4. The molecule has 0 spiro atoms. The van der Waals surface area contributed by atoms with Crippen molar-refractivity contribution in [2.45, 2.75) is 29.7 Å². The summed E-state index contributed by atoms with van der Waals surface area (Å²) in [4.78, 5) is 13.5. The van der Waals surface area contributed by atoms with Crippen LogP contribution in [0.5, 0.6) is 11.5 Å². The van der Waals surface area contributed by atoms with Gasteiger partial charge in [-0.25, -0.2) is 8.42 Å². The standard InChI is InChI=1S/C14H12F3N3O6S/c1-13(7-19-6-11(20(21)22)18-12(19)27(13,23)24)8-25-9-2-4-10(5-3-9)26-14(15,16)17/h2-6H,7-8H2,1H3. The van der Waals surface area contributed by atoms with Gasteiger partial charge in [0.1, 0.15) is 29.0 Å². The van der Waals surface area contributed by atoms with Crippen molar-refractivity contribution < 1.29 is 36.0 Å². The first-order valence-corrected chi connectivity index (χ1v) is 8.84. The van der Waals surface area contributed by atoms with E-state index in [-0.39, 0.29) is 18.9 Å². The van der Waals surface area contributed by atoms with Crippen LogP contribution in [0, 0.1) is 10.1 Å². The summed E-state index contributed by atoms with van der Waals surface area (Å²) in [7, 11) is -4.01. The maximum atomic E-state index is 12.6. The molecule has 0 fully saturated rings. The highest BCUT2D eigenvalue weighted by Gasteiger charge is 2.53. The van der Waals surface area contributed by atoms with E-state index >= 15 is 0 Å². The molecule has 3 rings (SSSR count). The monoisotopic (exact) mass is 407 g/mol. The molecule has 0 bridgehead atoms. The SMILES string of the molecule is CC1(COc2ccc(OC(F)(F)F)cc2)Cn2cc([N+](=O)[O-])nc2S1(=O)=O. The van der Waals surface area contributed by atoms with E-state index < -0.39 is 42.6 Å². The van der Waals surface area contributed by atoms with Crippen LogP contribution in [0.4, 0.5) is 19.0 Å². The van der Waals surface area contributed by atoms with E-state index in [9.17, 15) is 31.7 Å². The molecular formula is C14H12F3N3O6S. The topological polar surface area (TPSA) is 114 Å². The number of alkyl halides is 3. The summed E-state index contributed by atoms with van der Waals surface area (Å²) in [6.07, 6.45) is -3.79. The van der Waals surface area contributed by atoms with Gasteiger partial charge in [0.2, 0.25) is 9.84 Å². The number of imidazole rings is 1. The Morgan fingerprint density at radius 2 is 1.89 bits per heavy atom. The van der Waals surface area contributed by atoms with Crippen LogP contribution in [-0.2, 0) is 16.4 Å². The molecule has 0 aliphatic carbocycles. The molecule has 2 aromatic rings. The van der Waals surface area contributed by atoms with E-state index in [4.69, 9.17) is 4.74 Å². The summed E-state index contributed by atoms with van der Waals surface area (Å²) in [6.45, 7) is 0.955. The zero-order valence-electron chi connectivity index (χ0n) is 13.6. The number of halogens is 3. The average molecular weight is 407 g/mol. The maximum Gasteiger partial charge on any atom is 0.573 e. The molecule has 0 saturated carbocycles. The predicted octanol–water partition coefficient (Wildman–Crippen LogP) is 2.31. The van der Waals surface area contributed by atoms with Crippen molar-refractivity contribution in [1.29, 1.82) is 0 Å². The Bertz CT molecular complexity index is 987. The Balaban J connectivity index is 1.72. The number of rotatable bonds is 5. The van der Waals surface area contributed by atoms with Gasteiger partial charge < -0.3 is 19.6 Å². The molecule has 0 saturated heterocycles. The van der Waals surface area contributed by atoms with Crippen LogP contribution >= 0.6 is 0 Å². The largest absolute Gasteiger partial charge is 0.573 e. The van der Waals surface area contributed by atoms with Gasteiger partial charge in [-0.05, 0) is 41.1 Å². The van der Waals surface area contributed by atoms with Gasteiger partial charge in [0.25, 0.3) is 0 Å². The summed E-state index contributed by atoms with van der Waals surface area (Å²) < 4.78 is 70.6. The third-order valence-electron chi connectivity index (χ3n) is 3.91. The van der Waals surface area contributed by atoms with Gasteiger partial charge in [-0.1, -0.05) is 0 Å². The normalized spacial score (nSPS) is 20.9. The Hall–Kier alpha value is -2.83. The summed E-state index contributed by atoms with van der Waals surface area (Å²) in [6, 6.07) is 4.47. The number of fused-ring (bicyclic) bond motifs is 1. The second-order valence-corrected chi connectivity index (χ2v) is 8.39. The molecule has 0 amide bonds. The minimum atomic E-state index is -4.82. The predicted molar refractivity (Wildman–Crippen MR) is 83.1 cm³/mol. The lowest BCUT2D eigenvalue weighted by molar-refractivity contribution is -0.389. The highest BCUT2D eigenvalue weighted by Crippen LogP contribution is 2.36. The summed E-state index contributed by atoms with van der Waals surface area (Å²) in [5.41, 5.74) is 0. The number of hydrogen-bond donors (Lipinski definition) is 0. The van der Waals surface area contributed by atoms with Crippen molar-refractivity contribution in [2.24, 2.45) is 0 Å². The lowest BCUT2D eigenvalue weighted by Gasteiger charge is -2.21. The van der Waals surface area contributed by atoms with Gasteiger partial charge in [0, 0.05) is 0 Å². The minimum absolute atomic E-state index is 0.110. The molecule has 13 heteroatoms. The first kappa shape index (κ1) is 18.9. The molecule has 1 aromatic heterocycles. The van der Waals surface area contributed by atoms with Crippen LogP contribution in [0.15, 0.2) is 35.6 Å². The molecule has 1 unspecified atom stereocenters. The van der Waals surface area contributed by atoms with Crippen LogP contribution in [-0.4, -0.2) is 40.6 Å². The molecule has 1 aliphatic heterocycles. The van der Waals surface area contributed by atoms with Crippen LogP contribution in [0.3, 0.4) is 0 Å². The van der Waals surface area contributed by atoms with Crippen molar-refractivity contribution in [3.05, 3.63) is 40.6 Å². The number of benzene rings is 1. The first-order valence-electron chi connectivity index (χ1n) is 7.36. The van der Waals surface area contributed by atoms with Crippen LogP contribution in [0.2, 0.25) is 0 Å². The number of aromatic nitrogens is 2. The fourth-order valence-electron chi connectivity index (χ4n) is 2.56. The van der Waals surface area contributed by atoms with Crippen molar-refractivity contribution >= 4 is 15.7 Å².